The molecule has 0 aliphatic heterocycles. The van der Waals surface area contributed by atoms with Gasteiger partial charge in [-0.05, 0) is 55.5 Å². The molecule has 8 heteroatoms. The molecule has 2 aromatic carbocycles. The van der Waals surface area contributed by atoms with Gasteiger partial charge in [-0.25, -0.2) is 13.6 Å². The molecule has 0 bridgehead atoms. The molecule has 0 saturated heterocycles. The van der Waals surface area contributed by atoms with Crippen molar-refractivity contribution in [1.82, 2.24) is 0 Å². The fraction of sp³-hybridized carbons (Fsp3) is 0.0476. The van der Waals surface area contributed by atoms with E-state index in [0.717, 1.165) is 5.56 Å². The van der Waals surface area contributed by atoms with Crippen LogP contribution in [-0.4, -0.2) is 14.3 Å². The number of anilines is 1. The Balaban J connectivity index is 1.79. The molecule has 7 nitrogen and oxygen atoms in total. The third kappa shape index (κ3) is 4.99. The Morgan fingerprint density at radius 3 is 2.31 bits per heavy atom. The van der Waals surface area contributed by atoms with E-state index >= 15 is 0 Å². The number of hydrogen-bond acceptors (Lipinski definition) is 5. The molecule has 1 heterocycles. The van der Waals surface area contributed by atoms with Gasteiger partial charge in [-0.3, -0.25) is 4.79 Å². The van der Waals surface area contributed by atoms with E-state index in [9.17, 15) is 18.5 Å². The van der Waals surface area contributed by atoms with Crippen LogP contribution in [0.15, 0.2) is 75.5 Å². The van der Waals surface area contributed by atoms with Crippen molar-refractivity contribution in [3.63, 3.8) is 0 Å². The van der Waals surface area contributed by atoms with Crippen LogP contribution >= 0.6 is 0 Å². The largest absolute Gasteiger partial charge is 0.457 e. The number of primary sulfonamides is 1. The molecule has 3 aromatic rings. The standard InChI is InChI=1S/C21H17N3O4S/c1-14-2-6-17(7-3-14)24-21(25)16(13-22)12-18-8-11-20(28-18)15-4-9-19(10-5-15)29(23,26)27/h2-12H,1H3,(H,24,25)(H2,23,26,27). The molecule has 0 atom stereocenters. The van der Waals surface area contributed by atoms with E-state index in [1.165, 1.54) is 18.2 Å². The van der Waals surface area contributed by atoms with E-state index in [0.29, 0.717) is 22.8 Å². The highest BCUT2D eigenvalue weighted by Gasteiger charge is 2.12. The minimum Gasteiger partial charge on any atom is -0.457 e. The molecule has 1 aromatic heterocycles. The summed E-state index contributed by atoms with van der Waals surface area (Å²) in [4.78, 5) is 12.3. The number of rotatable bonds is 5. The van der Waals surface area contributed by atoms with E-state index in [4.69, 9.17) is 9.56 Å². The van der Waals surface area contributed by atoms with Gasteiger partial charge < -0.3 is 9.73 Å². The lowest BCUT2D eigenvalue weighted by Crippen LogP contribution is -2.13. The minimum absolute atomic E-state index is 0.00697. The van der Waals surface area contributed by atoms with Gasteiger partial charge in [0, 0.05) is 17.3 Å². The minimum atomic E-state index is -3.77. The van der Waals surface area contributed by atoms with Crippen LogP contribution < -0.4 is 10.5 Å². The summed E-state index contributed by atoms with van der Waals surface area (Å²) >= 11 is 0. The predicted octanol–water partition coefficient (Wildman–Crippen LogP) is 3.45. The molecule has 0 saturated carbocycles. The Morgan fingerprint density at radius 2 is 1.72 bits per heavy atom. The maximum Gasteiger partial charge on any atom is 0.266 e. The van der Waals surface area contributed by atoms with Gasteiger partial charge in [0.2, 0.25) is 10.0 Å². The molecule has 0 unspecified atom stereocenters. The summed E-state index contributed by atoms with van der Waals surface area (Å²) in [6.07, 6.45) is 1.34. The number of carbonyl (C=O) groups excluding carboxylic acids is 1. The average molecular weight is 407 g/mol. The van der Waals surface area contributed by atoms with Gasteiger partial charge in [-0.15, -0.1) is 0 Å². The zero-order chi connectivity index (χ0) is 21.0. The number of sulfonamides is 1. The zero-order valence-corrected chi connectivity index (χ0v) is 16.2. The van der Waals surface area contributed by atoms with E-state index < -0.39 is 15.9 Å². The Hall–Kier alpha value is -3.67. The van der Waals surface area contributed by atoms with Crippen molar-refractivity contribution in [2.45, 2.75) is 11.8 Å². The van der Waals surface area contributed by atoms with Crippen molar-refractivity contribution in [2.24, 2.45) is 5.14 Å². The number of nitrogens with zero attached hydrogens (tertiary/aromatic N) is 1. The topological polar surface area (TPSA) is 126 Å². The van der Waals surface area contributed by atoms with Crippen LogP contribution in [0.5, 0.6) is 0 Å². The molecule has 1 amide bonds. The number of carbonyl (C=O) groups is 1. The highest BCUT2D eigenvalue weighted by molar-refractivity contribution is 7.89. The van der Waals surface area contributed by atoms with Crippen LogP contribution in [-0.2, 0) is 14.8 Å². The van der Waals surface area contributed by atoms with Crippen molar-refractivity contribution < 1.29 is 17.6 Å². The molecule has 29 heavy (non-hydrogen) atoms. The predicted molar refractivity (Wildman–Crippen MR) is 109 cm³/mol. The third-order valence-corrected chi connectivity index (χ3v) is 4.98. The van der Waals surface area contributed by atoms with E-state index in [1.807, 2.05) is 25.1 Å². The maximum absolute atomic E-state index is 12.3. The van der Waals surface area contributed by atoms with Crippen LogP contribution in [0.25, 0.3) is 17.4 Å². The number of furan rings is 1. The first-order chi connectivity index (χ1) is 13.8. The number of amides is 1. The first-order valence-corrected chi connectivity index (χ1v) is 10.0. The first-order valence-electron chi connectivity index (χ1n) is 8.49. The summed E-state index contributed by atoms with van der Waals surface area (Å²) in [6.45, 7) is 1.93. The maximum atomic E-state index is 12.3. The lowest BCUT2D eigenvalue weighted by molar-refractivity contribution is -0.112. The van der Waals surface area contributed by atoms with Gasteiger partial charge in [-0.1, -0.05) is 17.7 Å². The van der Waals surface area contributed by atoms with Gasteiger partial charge in [0.15, 0.2) is 0 Å². The Kier molecular flexibility index (Phi) is 5.64. The normalized spacial score (nSPS) is 11.7. The molecular formula is C21H17N3O4S. The summed E-state index contributed by atoms with van der Waals surface area (Å²) in [5, 5.41) is 17.1. The summed E-state index contributed by atoms with van der Waals surface area (Å²) in [5.74, 6) is 0.214. The molecule has 146 valence electrons. The lowest BCUT2D eigenvalue weighted by atomic mass is 10.2. The van der Waals surface area contributed by atoms with Gasteiger partial charge in [0.05, 0.1) is 4.90 Å². The molecule has 0 aliphatic rings. The summed E-state index contributed by atoms with van der Waals surface area (Å²) in [5.41, 5.74) is 2.15. The van der Waals surface area contributed by atoms with Gasteiger partial charge in [0.1, 0.15) is 23.2 Å². The number of nitrogens with two attached hydrogens (primary N) is 1. The number of nitrogens with one attached hydrogen (secondary N) is 1. The third-order valence-electron chi connectivity index (χ3n) is 4.06. The van der Waals surface area contributed by atoms with Gasteiger partial charge in [0.25, 0.3) is 5.91 Å². The summed E-state index contributed by atoms with van der Waals surface area (Å²) in [6, 6.07) is 18.2. The summed E-state index contributed by atoms with van der Waals surface area (Å²) < 4.78 is 28.3. The van der Waals surface area contributed by atoms with Crippen LogP contribution in [0, 0.1) is 18.3 Å². The van der Waals surface area contributed by atoms with E-state index in [-0.39, 0.29) is 10.5 Å². The Morgan fingerprint density at radius 1 is 1.07 bits per heavy atom. The second-order valence-corrected chi connectivity index (χ2v) is 7.82. The first kappa shape index (κ1) is 20.1. The van der Waals surface area contributed by atoms with Crippen molar-refractivity contribution >= 4 is 27.7 Å². The number of hydrogen-bond donors (Lipinski definition) is 2. The van der Waals surface area contributed by atoms with Crippen LogP contribution in [0.3, 0.4) is 0 Å². The van der Waals surface area contributed by atoms with Gasteiger partial charge >= 0.3 is 0 Å². The average Bonchev–Trinajstić information content (AvgIpc) is 3.16. The quantitative estimate of drug-likeness (QED) is 0.495. The molecule has 3 rings (SSSR count). The Labute approximate surface area is 168 Å². The monoisotopic (exact) mass is 407 g/mol. The number of benzene rings is 2. The van der Waals surface area contributed by atoms with Crippen molar-refractivity contribution in [2.75, 3.05) is 5.32 Å². The lowest BCUT2D eigenvalue weighted by Gasteiger charge is -2.04. The van der Waals surface area contributed by atoms with Crippen LogP contribution in [0.4, 0.5) is 5.69 Å². The van der Waals surface area contributed by atoms with E-state index in [1.54, 1.807) is 36.4 Å². The van der Waals surface area contributed by atoms with Crippen LogP contribution in [0.2, 0.25) is 0 Å². The fourth-order valence-electron chi connectivity index (χ4n) is 2.52. The molecule has 0 spiro atoms. The highest BCUT2D eigenvalue weighted by atomic mass is 32.2. The Bertz CT molecular complexity index is 1220. The molecular weight excluding hydrogens is 390 g/mol. The number of nitriles is 1. The van der Waals surface area contributed by atoms with Gasteiger partial charge in [-0.2, -0.15) is 5.26 Å². The fourth-order valence-corrected chi connectivity index (χ4v) is 3.04. The summed E-state index contributed by atoms with van der Waals surface area (Å²) in [7, 11) is -3.77. The zero-order valence-electron chi connectivity index (χ0n) is 15.4. The van der Waals surface area contributed by atoms with Crippen LogP contribution in [0.1, 0.15) is 11.3 Å². The molecule has 0 fully saturated rings. The van der Waals surface area contributed by atoms with E-state index in [2.05, 4.69) is 5.32 Å². The molecule has 0 radical (unpaired) electrons. The second kappa shape index (κ2) is 8.14. The van der Waals surface area contributed by atoms with Crippen molar-refractivity contribution in [1.29, 1.82) is 5.26 Å². The molecule has 0 aliphatic carbocycles. The van der Waals surface area contributed by atoms with Crippen molar-refractivity contribution in [3.8, 4) is 17.4 Å². The number of aryl methyl sites for hydroxylation is 1. The smallest absolute Gasteiger partial charge is 0.266 e. The van der Waals surface area contributed by atoms with Crippen molar-refractivity contribution in [3.05, 3.63) is 77.6 Å². The molecule has 3 N–H and O–H groups in total. The second-order valence-electron chi connectivity index (χ2n) is 6.26. The highest BCUT2D eigenvalue weighted by Crippen LogP contribution is 2.24. The SMILES string of the molecule is Cc1ccc(NC(=O)C(C#N)=Cc2ccc(-c3ccc(S(N)(=O)=O)cc3)o2)cc1.